The van der Waals surface area contributed by atoms with Crippen LogP contribution in [0.25, 0.3) is 0 Å². The van der Waals surface area contributed by atoms with Crippen LogP contribution in [-0.2, 0) is 0 Å². The molecule has 2 rings (SSSR count). The van der Waals surface area contributed by atoms with E-state index in [1.807, 2.05) is 25.1 Å². The number of amides is 1. The maximum absolute atomic E-state index is 11.9. The zero-order valence-electron chi connectivity index (χ0n) is 11.1. The molecule has 0 aliphatic rings. The van der Waals surface area contributed by atoms with E-state index in [9.17, 15) is 4.79 Å². The Hall–Kier alpha value is -2.51. The fourth-order valence-electron chi connectivity index (χ4n) is 1.69. The van der Waals surface area contributed by atoms with E-state index in [0.29, 0.717) is 12.0 Å². The molecule has 1 heterocycles. The van der Waals surface area contributed by atoms with E-state index < -0.39 is 0 Å². The largest absolute Gasteiger partial charge is 0.472 e. The van der Waals surface area contributed by atoms with Gasteiger partial charge in [-0.15, -0.1) is 0 Å². The van der Waals surface area contributed by atoms with Crippen LogP contribution in [0.15, 0.2) is 41.2 Å². The Morgan fingerprint density at radius 2 is 2.25 bits per heavy atom. The zero-order chi connectivity index (χ0) is 14.4. The van der Waals surface area contributed by atoms with Gasteiger partial charge < -0.3 is 14.8 Å². The van der Waals surface area contributed by atoms with Crippen molar-refractivity contribution in [3.8, 4) is 11.8 Å². The molecule has 102 valence electrons. The van der Waals surface area contributed by atoms with Crippen molar-refractivity contribution in [2.24, 2.45) is 0 Å². The molecule has 0 aliphatic carbocycles. The van der Waals surface area contributed by atoms with Gasteiger partial charge in [0.15, 0.2) is 0 Å². The third-order valence-electron chi connectivity index (χ3n) is 2.73. The van der Waals surface area contributed by atoms with Crippen molar-refractivity contribution in [3.63, 3.8) is 0 Å². The lowest BCUT2D eigenvalue weighted by Gasteiger charge is -2.07. The molecule has 0 atom stereocenters. The summed E-state index contributed by atoms with van der Waals surface area (Å²) in [5.74, 6) is 5.61. The number of nitrogens with one attached hydrogen (secondary N) is 1. The molecule has 20 heavy (non-hydrogen) atoms. The number of benzene rings is 1. The standard InChI is InChI=1S/C16H15NO3/c1-12-10-13(4-2-3-8-18)5-6-15(12)17-16(19)14-7-9-20-11-14/h5-7,9-11,18H,3,8H2,1H3,(H,17,19). The van der Waals surface area contributed by atoms with E-state index in [1.54, 1.807) is 6.07 Å². The minimum absolute atomic E-state index is 0.0603. The van der Waals surface area contributed by atoms with E-state index in [2.05, 4.69) is 17.2 Å². The molecule has 0 bridgehead atoms. The predicted octanol–water partition coefficient (Wildman–Crippen LogP) is 2.57. The number of aliphatic hydroxyl groups is 1. The average molecular weight is 269 g/mol. The molecule has 1 amide bonds. The Morgan fingerprint density at radius 1 is 1.40 bits per heavy atom. The van der Waals surface area contributed by atoms with Gasteiger partial charge in [-0.3, -0.25) is 4.79 Å². The van der Waals surface area contributed by atoms with Gasteiger partial charge in [0, 0.05) is 17.7 Å². The van der Waals surface area contributed by atoms with Crippen molar-refractivity contribution in [2.75, 3.05) is 11.9 Å². The van der Waals surface area contributed by atoms with Crippen LogP contribution < -0.4 is 5.32 Å². The van der Waals surface area contributed by atoms with E-state index in [1.165, 1.54) is 12.5 Å². The van der Waals surface area contributed by atoms with Crippen LogP contribution in [-0.4, -0.2) is 17.6 Å². The smallest absolute Gasteiger partial charge is 0.258 e. The van der Waals surface area contributed by atoms with Crippen LogP contribution in [0.2, 0.25) is 0 Å². The summed E-state index contributed by atoms with van der Waals surface area (Å²) in [6.45, 7) is 1.97. The number of rotatable bonds is 3. The van der Waals surface area contributed by atoms with Gasteiger partial charge in [-0.1, -0.05) is 11.8 Å². The summed E-state index contributed by atoms with van der Waals surface area (Å²) in [7, 11) is 0. The van der Waals surface area contributed by atoms with Gasteiger partial charge in [0.25, 0.3) is 5.91 Å². The highest BCUT2D eigenvalue weighted by Gasteiger charge is 2.08. The number of hydrogen-bond donors (Lipinski definition) is 2. The molecular weight excluding hydrogens is 254 g/mol. The monoisotopic (exact) mass is 269 g/mol. The topological polar surface area (TPSA) is 62.5 Å². The third-order valence-corrected chi connectivity index (χ3v) is 2.73. The number of carbonyl (C=O) groups excluding carboxylic acids is 1. The Balaban J connectivity index is 2.11. The van der Waals surface area contributed by atoms with Crippen LogP contribution in [0.4, 0.5) is 5.69 Å². The van der Waals surface area contributed by atoms with Gasteiger partial charge in [0.05, 0.1) is 18.4 Å². The quantitative estimate of drug-likeness (QED) is 0.842. The van der Waals surface area contributed by atoms with E-state index in [4.69, 9.17) is 9.52 Å². The van der Waals surface area contributed by atoms with Crippen molar-refractivity contribution in [1.82, 2.24) is 0 Å². The molecule has 1 aromatic heterocycles. The Kier molecular flexibility index (Phi) is 4.59. The van der Waals surface area contributed by atoms with Crippen molar-refractivity contribution in [3.05, 3.63) is 53.5 Å². The lowest BCUT2D eigenvalue weighted by Crippen LogP contribution is -2.11. The Morgan fingerprint density at radius 3 is 2.90 bits per heavy atom. The highest BCUT2D eigenvalue weighted by Crippen LogP contribution is 2.17. The van der Waals surface area contributed by atoms with Gasteiger partial charge >= 0.3 is 0 Å². The summed E-state index contributed by atoms with van der Waals surface area (Å²) in [5.41, 5.74) is 3.01. The molecule has 2 N–H and O–H groups in total. The second-order valence-corrected chi connectivity index (χ2v) is 4.27. The summed E-state index contributed by atoms with van der Waals surface area (Å²) >= 11 is 0. The molecular formula is C16H15NO3. The normalized spacial score (nSPS) is 9.70. The molecule has 1 aromatic carbocycles. The number of hydrogen-bond acceptors (Lipinski definition) is 3. The molecule has 0 spiro atoms. The first-order valence-electron chi connectivity index (χ1n) is 6.24. The van der Waals surface area contributed by atoms with Crippen molar-refractivity contribution in [1.29, 1.82) is 0 Å². The second-order valence-electron chi connectivity index (χ2n) is 4.27. The summed E-state index contributed by atoms with van der Waals surface area (Å²) in [4.78, 5) is 11.9. The van der Waals surface area contributed by atoms with Crippen molar-refractivity contribution >= 4 is 11.6 Å². The van der Waals surface area contributed by atoms with Crippen molar-refractivity contribution < 1.29 is 14.3 Å². The summed E-state index contributed by atoms with van der Waals surface area (Å²) < 4.78 is 4.88. The lowest BCUT2D eigenvalue weighted by atomic mass is 10.1. The van der Waals surface area contributed by atoms with Crippen molar-refractivity contribution in [2.45, 2.75) is 13.3 Å². The first kappa shape index (κ1) is 13.9. The zero-order valence-corrected chi connectivity index (χ0v) is 11.1. The van der Waals surface area contributed by atoms with Crippen LogP contribution in [0.5, 0.6) is 0 Å². The number of furan rings is 1. The predicted molar refractivity (Wildman–Crippen MR) is 76.4 cm³/mol. The van der Waals surface area contributed by atoms with E-state index in [0.717, 1.165) is 16.8 Å². The highest BCUT2D eigenvalue weighted by atomic mass is 16.3. The SMILES string of the molecule is Cc1cc(C#CCCO)ccc1NC(=O)c1ccoc1. The van der Waals surface area contributed by atoms with E-state index >= 15 is 0 Å². The number of aryl methyl sites for hydroxylation is 1. The van der Waals surface area contributed by atoms with Gasteiger partial charge in [-0.05, 0) is 36.8 Å². The summed E-state index contributed by atoms with van der Waals surface area (Å²) in [6, 6.07) is 7.16. The molecule has 0 fully saturated rings. The maximum Gasteiger partial charge on any atom is 0.258 e. The van der Waals surface area contributed by atoms with Gasteiger partial charge in [-0.2, -0.15) is 0 Å². The van der Waals surface area contributed by atoms with Crippen LogP contribution in [0.3, 0.4) is 0 Å². The van der Waals surface area contributed by atoms with E-state index in [-0.39, 0.29) is 12.5 Å². The highest BCUT2D eigenvalue weighted by molar-refractivity contribution is 6.04. The van der Waals surface area contributed by atoms with Gasteiger partial charge in [-0.25, -0.2) is 0 Å². The lowest BCUT2D eigenvalue weighted by molar-refractivity contribution is 0.102. The minimum atomic E-state index is -0.207. The molecule has 4 nitrogen and oxygen atoms in total. The molecule has 2 aromatic rings. The Bertz CT molecular complexity index is 648. The number of carbonyl (C=O) groups is 1. The van der Waals surface area contributed by atoms with Crippen LogP contribution in [0, 0.1) is 18.8 Å². The summed E-state index contributed by atoms with van der Waals surface area (Å²) in [5, 5.41) is 11.5. The molecule has 0 unspecified atom stereocenters. The first-order valence-corrected chi connectivity index (χ1v) is 6.24. The fourth-order valence-corrected chi connectivity index (χ4v) is 1.69. The van der Waals surface area contributed by atoms with Crippen LogP contribution >= 0.6 is 0 Å². The van der Waals surface area contributed by atoms with Crippen LogP contribution in [0.1, 0.15) is 27.9 Å². The first-order chi connectivity index (χ1) is 9.70. The minimum Gasteiger partial charge on any atom is -0.472 e. The number of anilines is 1. The third kappa shape index (κ3) is 3.50. The molecule has 0 saturated carbocycles. The summed E-state index contributed by atoms with van der Waals surface area (Å²) in [6.07, 6.45) is 3.32. The molecule has 4 heteroatoms. The maximum atomic E-state index is 11.9. The molecule has 0 saturated heterocycles. The average Bonchev–Trinajstić information content (AvgIpc) is 2.96. The second kappa shape index (κ2) is 6.60. The molecule has 0 aliphatic heterocycles. The Labute approximate surface area is 117 Å². The number of aliphatic hydroxyl groups excluding tert-OH is 1. The molecule has 0 radical (unpaired) electrons. The fraction of sp³-hybridized carbons (Fsp3) is 0.188. The van der Waals surface area contributed by atoms with Gasteiger partial charge in [0.1, 0.15) is 6.26 Å². The van der Waals surface area contributed by atoms with Gasteiger partial charge in [0.2, 0.25) is 0 Å².